The molecule has 2 aliphatic rings. The van der Waals surface area contributed by atoms with Crippen LogP contribution in [0.15, 0.2) is 47.5 Å². The molecule has 1 aliphatic carbocycles. The second-order valence-electron chi connectivity index (χ2n) is 14.1. The minimum Gasteiger partial charge on any atom is -0.478 e. The predicted molar refractivity (Wildman–Crippen MR) is 184 cm³/mol. The molecule has 41 heavy (non-hydrogen) atoms. The number of amides is 1. The van der Waals surface area contributed by atoms with Crippen molar-refractivity contribution in [2.24, 2.45) is 21.7 Å². The van der Waals surface area contributed by atoms with Gasteiger partial charge in [0.05, 0.1) is 11.6 Å². The third-order valence-corrected chi connectivity index (χ3v) is 10.6. The highest BCUT2D eigenvalue weighted by atomic mass is 127. The lowest BCUT2D eigenvalue weighted by Crippen LogP contribution is -2.51. The van der Waals surface area contributed by atoms with E-state index in [4.69, 9.17) is 4.99 Å². The first-order valence-corrected chi connectivity index (χ1v) is 17.7. The molecule has 222 valence electrons. The maximum Gasteiger partial charge on any atom is 0.335 e. The second-order valence-corrected chi connectivity index (χ2v) is 15.6. The molecular weight excluding hydrogens is 738 g/mol. The van der Waals surface area contributed by atoms with Crippen LogP contribution in [0.5, 0.6) is 0 Å². The Morgan fingerprint density at radius 2 is 1.56 bits per heavy atom. The van der Waals surface area contributed by atoms with Gasteiger partial charge in [0, 0.05) is 14.4 Å². The molecule has 1 spiro atoms. The van der Waals surface area contributed by atoms with Crippen LogP contribution in [0.1, 0.15) is 119 Å². The van der Waals surface area contributed by atoms with Crippen LogP contribution >= 0.6 is 45.2 Å². The van der Waals surface area contributed by atoms with Gasteiger partial charge in [-0.2, -0.15) is 0 Å². The SMILES string of the molecule is CC(C)(C)CC[C@H](c1ccc(C(=O)O)cc1)N1C(=O)C(c2cc(CI)cc(CI)c2)=NC12CCC(C(C)(C)C)CC2. The molecule has 7 heteroatoms. The Morgan fingerprint density at radius 1 is 1.00 bits per heavy atom. The van der Waals surface area contributed by atoms with Crippen LogP contribution in [0.3, 0.4) is 0 Å². The van der Waals surface area contributed by atoms with Crippen LogP contribution in [0.2, 0.25) is 0 Å². The van der Waals surface area contributed by atoms with Crippen molar-refractivity contribution in [2.75, 3.05) is 0 Å². The van der Waals surface area contributed by atoms with Crippen LogP contribution in [-0.4, -0.2) is 33.3 Å². The molecule has 0 bridgehead atoms. The highest BCUT2D eigenvalue weighted by Gasteiger charge is 2.52. The molecular formula is C34H44I2N2O3. The summed E-state index contributed by atoms with van der Waals surface area (Å²) in [5.41, 5.74) is 4.88. The number of rotatable bonds is 8. The lowest BCUT2D eigenvalue weighted by atomic mass is 9.69. The molecule has 5 nitrogen and oxygen atoms in total. The molecule has 0 unspecified atom stereocenters. The van der Waals surface area contributed by atoms with E-state index in [1.807, 2.05) is 12.1 Å². The summed E-state index contributed by atoms with van der Waals surface area (Å²) < 4.78 is 1.76. The largest absolute Gasteiger partial charge is 0.478 e. The molecule has 1 aliphatic heterocycles. The molecule has 1 heterocycles. The third kappa shape index (κ3) is 7.36. The summed E-state index contributed by atoms with van der Waals surface area (Å²) >= 11 is 4.77. The van der Waals surface area contributed by atoms with E-state index in [1.165, 1.54) is 11.1 Å². The minimum absolute atomic E-state index is 0.00504. The predicted octanol–water partition coefficient (Wildman–Crippen LogP) is 9.39. The van der Waals surface area contributed by atoms with Crippen molar-refractivity contribution < 1.29 is 14.7 Å². The Hall–Kier alpha value is -1.49. The topological polar surface area (TPSA) is 70.0 Å². The quantitative estimate of drug-likeness (QED) is 0.215. The summed E-state index contributed by atoms with van der Waals surface area (Å²) in [5.74, 6) is -0.352. The maximum absolute atomic E-state index is 14.7. The third-order valence-electron chi connectivity index (χ3n) is 8.86. The number of halogens is 2. The van der Waals surface area contributed by atoms with E-state index in [0.29, 0.717) is 11.6 Å². The highest BCUT2D eigenvalue weighted by molar-refractivity contribution is 14.1. The van der Waals surface area contributed by atoms with Gasteiger partial charge >= 0.3 is 5.97 Å². The van der Waals surface area contributed by atoms with Crippen LogP contribution in [0.4, 0.5) is 0 Å². The molecule has 0 aromatic heterocycles. The summed E-state index contributed by atoms with van der Waals surface area (Å²) in [6.45, 7) is 13.7. The van der Waals surface area contributed by atoms with E-state index in [2.05, 4.69) is 110 Å². The van der Waals surface area contributed by atoms with Crippen LogP contribution in [0.25, 0.3) is 0 Å². The second kappa shape index (κ2) is 12.6. The average molecular weight is 783 g/mol. The van der Waals surface area contributed by atoms with Gasteiger partial charge in [-0.25, -0.2) is 4.79 Å². The van der Waals surface area contributed by atoms with Gasteiger partial charge in [-0.15, -0.1) is 0 Å². The lowest BCUT2D eigenvalue weighted by Gasteiger charge is -2.47. The zero-order chi connectivity index (χ0) is 30.2. The van der Waals surface area contributed by atoms with E-state index in [9.17, 15) is 14.7 Å². The zero-order valence-electron chi connectivity index (χ0n) is 25.3. The smallest absolute Gasteiger partial charge is 0.335 e. The summed E-state index contributed by atoms with van der Waals surface area (Å²) in [7, 11) is 0. The Kier molecular flexibility index (Phi) is 9.98. The number of aromatic carboxylic acids is 1. The molecule has 1 fully saturated rings. The highest BCUT2D eigenvalue weighted by Crippen LogP contribution is 2.50. The van der Waals surface area contributed by atoms with Crippen molar-refractivity contribution in [1.82, 2.24) is 4.90 Å². The van der Waals surface area contributed by atoms with Gasteiger partial charge < -0.3 is 10.0 Å². The van der Waals surface area contributed by atoms with Crippen molar-refractivity contribution in [3.63, 3.8) is 0 Å². The number of hydrogen-bond acceptors (Lipinski definition) is 3. The fraction of sp³-hybridized carbons (Fsp3) is 0.559. The van der Waals surface area contributed by atoms with Crippen molar-refractivity contribution in [3.05, 3.63) is 70.3 Å². The monoisotopic (exact) mass is 782 g/mol. The Balaban J connectivity index is 1.84. The Bertz CT molecular complexity index is 1270. The van der Waals surface area contributed by atoms with Crippen LogP contribution < -0.4 is 0 Å². The minimum atomic E-state index is -0.941. The van der Waals surface area contributed by atoms with Crippen molar-refractivity contribution in [2.45, 2.75) is 101 Å². The molecule has 1 N–H and O–H groups in total. The Morgan fingerprint density at radius 3 is 2.02 bits per heavy atom. The zero-order valence-corrected chi connectivity index (χ0v) is 29.6. The fourth-order valence-corrected chi connectivity index (χ4v) is 7.33. The van der Waals surface area contributed by atoms with Gasteiger partial charge in [0.15, 0.2) is 0 Å². The maximum atomic E-state index is 14.7. The molecule has 4 rings (SSSR count). The number of carboxylic acids is 1. The first-order chi connectivity index (χ1) is 19.2. The summed E-state index contributed by atoms with van der Waals surface area (Å²) in [4.78, 5) is 33.8. The van der Waals surface area contributed by atoms with Crippen LogP contribution in [-0.2, 0) is 13.6 Å². The number of carbonyl (C=O) groups is 2. The van der Waals surface area contributed by atoms with Gasteiger partial charge in [-0.05, 0) is 96.2 Å². The normalized spacial score (nSPS) is 22.2. The number of nitrogens with zero attached hydrogens (tertiary/aromatic N) is 2. The van der Waals surface area contributed by atoms with Crippen molar-refractivity contribution >= 4 is 62.8 Å². The Labute approximate surface area is 273 Å². The molecule has 1 saturated carbocycles. The average Bonchev–Trinajstić information content (AvgIpc) is 3.19. The fourth-order valence-electron chi connectivity index (χ4n) is 6.45. The first kappa shape index (κ1) is 32.4. The molecule has 1 atom stereocenters. The lowest BCUT2D eigenvalue weighted by molar-refractivity contribution is -0.134. The van der Waals surface area contributed by atoms with Gasteiger partial charge in [0.25, 0.3) is 5.91 Å². The van der Waals surface area contributed by atoms with Crippen LogP contribution in [0, 0.1) is 16.7 Å². The number of hydrogen-bond donors (Lipinski definition) is 1. The molecule has 1 amide bonds. The van der Waals surface area contributed by atoms with E-state index in [1.54, 1.807) is 12.1 Å². The van der Waals surface area contributed by atoms with E-state index in [-0.39, 0.29) is 28.3 Å². The number of alkyl halides is 2. The summed E-state index contributed by atoms with van der Waals surface area (Å²) in [5, 5.41) is 9.53. The van der Waals surface area contributed by atoms with Gasteiger partial charge in [0.2, 0.25) is 0 Å². The molecule has 0 radical (unpaired) electrons. The van der Waals surface area contributed by atoms with Gasteiger partial charge in [-0.1, -0.05) is 105 Å². The number of carbonyl (C=O) groups excluding carboxylic acids is 1. The number of benzene rings is 2. The van der Waals surface area contributed by atoms with E-state index < -0.39 is 11.6 Å². The van der Waals surface area contributed by atoms with Gasteiger partial charge in [0.1, 0.15) is 11.4 Å². The number of carboxylic acid groups (broad SMARTS) is 1. The molecule has 2 aromatic carbocycles. The van der Waals surface area contributed by atoms with Crippen molar-refractivity contribution in [1.29, 1.82) is 0 Å². The van der Waals surface area contributed by atoms with Crippen molar-refractivity contribution in [3.8, 4) is 0 Å². The standard InChI is InChI=1S/C34H44I2N2O3/c1-32(2,3)14-13-28(24-7-9-25(10-8-24)31(40)41)38-30(39)29(26-18-22(20-35)17-23(19-26)21-36)37-34(38)15-11-27(12-16-34)33(4,5)6/h7-10,17-19,27-28H,11-16,20-21H2,1-6H3,(H,40,41)/t27?,28-,34?/m1/s1. The van der Waals surface area contributed by atoms with Gasteiger partial charge in [-0.3, -0.25) is 9.79 Å². The number of aliphatic imine (C=N–C) groups is 1. The van der Waals surface area contributed by atoms with E-state index in [0.717, 1.165) is 58.5 Å². The molecule has 0 saturated heterocycles. The molecule has 2 aromatic rings. The summed E-state index contributed by atoms with van der Waals surface area (Å²) in [6, 6.07) is 13.5. The summed E-state index contributed by atoms with van der Waals surface area (Å²) in [6.07, 6.45) is 5.47. The first-order valence-electron chi connectivity index (χ1n) is 14.7. The van der Waals surface area contributed by atoms with E-state index >= 15 is 0 Å².